The fourth-order valence-corrected chi connectivity index (χ4v) is 4.33. The van der Waals surface area contributed by atoms with Gasteiger partial charge in [0.25, 0.3) is 5.91 Å². The van der Waals surface area contributed by atoms with Crippen LogP contribution in [0.4, 0.5) is 0 Å². The van der Waals surface area contributed by atoms with Crippen LogP contribution in [0.25, 0.3) is 11.0 Å². The summed E-state index contributed by atoms with van der Waals surface area (Å²) in [5, 5.41) is 3.27. The molecule has 1 amide bonds. The van der Waals surface area contributed by atoms with Crippen LogP contribution in [-0.4, -0.2) is 45.5 Å². The Labute approximate surface area is 142 Å². The van der Waals surface area contributed by atoms with Gasteiger partial charge in [0, 0.05) is 43.7 Å². The molecule has 0 bridgehead atoms. The molecule has 0 unspecified atom stereocenters. The molecule has 3 heterocycles. The van der Waals surface area contributed by atoms with Gasteiger partial charge in [-0.05, 0) is 43.4 Å². The van der Waals surface area contributed by atoms with E-state index in [0.29, 0.717) is 5.92 Å². The molecule has 5 nitrogen and oxygen atoms in total. The van der Waals surface area contributed by atoms with Crippen molar-refractivity contribution in [3.8, 4) is 0 Å². The first-order valence-corrected chi connectivity index (χ1v) is 9.23. The van der Waals surface area contributed by atoms with E-state index in [1.54, 1.807) is 0 Å². The van der Waals surface area contributed by atoms with Crippen molar-refractivity contribution < 1.29 is 4.79 Å². The molecular weight excluding hydrogens is 300 g/mol. The number of rotatable bonds is 3. The summed E-state index contributed by atoms with van der Waals surface area (Å²) in [5.74, 6) is 1.74. The monoisotopic (exact) mass is 324 g/mol. The number of nitrogens with one attached hydrogen (secondary N) is 1. The maximum Gasteiger partial charge on any atom is 0.251 e. The lowest BCUT2D eigenvalue weighted by molar-refractivity contribution is 0.0931. The van der Waals surface area contributed by atoms with Gasteiger partial charge in [-0.2, -0.15) is 0 Å². The number of hydrogen-bond donors (Lipinski definition) is 1. The average molecular weight is 324 g/mol. The quantitative estimate of drug-likeness (QED) is 0.942. The van der Waals surface area contributed by atoms with Gasteiger partial charge in [0.2, 0.25) is 0 Å². The van der Waals surface area contributed by atoms with Gasteiger partial charge >= 0.3 is 0 Å². The van der Waals surface area contributed by atoms with Gasteiger partial charge in [-0.15, -0.1) is 0 Å². The topological polar surface area (TPSA) is 50.2 Å². The molecule has 2 fully saturated rings. The van der Waals surface area contributed by atoms with Crippen LogP contribution >= 0.6 is 0 Å². The SMILES string of the molecule is C[C@H]1CN(C2CC2)C[C@@H]1NC(=O)c1ccc2nc3n(c2c1)CCC3. The zero-order valence-electron chi connectivity index (χ0n) is 14.2. The van der Waals surface area contributed by atoms with Crippen LogP contribution in [-0.2, 0) is 13.0 Å². The third kappa shape index (κ3) is 2.34. The van der Waals surface area contributed by atoms with Crippen LogP contribution in [0, 0.1) is 5.92 Å². The van der Waals surface area contributed by atoms with Crippen LogP contribution in [0.3, 0.4) is 0 Å². The Morgan fingerprint density at radius 3 is 3.00 bits per heavy atom. The normalized spacial score (nSPS) is 26.9. The lowest BCUT2D eigenvalue weighted by Gasteiger charge is -2.17. The zero-order chi connectivity index (χ0) is 16.3. The number of aryl methyl sites for hydroxylation is 2. The first kappa shape index (κ1) is 14.5. The van der Waals surface area contributed by atoms with E-state index in [9.17, 15) is 4.79 Å². The van der Waals surface area contributed by atoms with Crippen molar-refractivity contribution in [3.05, 3.63) is 29.6 Å². The summed E-state index contributed by atoms with van der Waals surface area (Å²) in [6.45, 7) is 5.39. The highest BCUT2D eigenvalue weighted by molar-refractivity contribution is 5.97. The van der Waals surface area contributed by atoms with Crippen molar-refractivity contribution in [2.75, 3.05) is 13.1 Å². The Balaban J connectivity index is 1.36. The predicted octanol–water partition coefficient (Wildman–Crippen LogP) is 2.20. The number of benzene rings is 1. The van der Waals surface area contributed by atoms with E-state index < -0.39 is 0 Å². The second kappa shape index (κ2) is 5.31. The van der Waals surface area contributed by atoms with E-state index in [2.05, 4.69) is 26.7 Å². The first-order chi connectivity index (χ1) is 11.7. The summed E-state index contributed by atoms with van der Waals surface area (Å²) >= 11 is 0. The summed E-state index contributed by atoms with van der Waals surface area (Å²) in [7, 11) is 0. The van der Waals surface area contributed by atoms with E-state index >= 15 is 0 Å². The number of likely N-dealkylation sites (tertiary alicyclic amines) is 1. The van der Waals surface area contributed by atoms with Crippen molar-refractivity contribution in [1.29, 1.82) is 0 Å². The highest BCUT2D eigenvalue weighted by Crippen LogP contribution is 2.32. The molecule has 2 atom stereocenters. The Morgan fingerprint density at radius 1 is 1.29 bits per heavy atom. The highest BCUT2D eigenvalue weighted by atomic mass is 16.1. The van der Waals surface area contributed by atoms with Crippen molar-refractivity contribution >= 4 is 16.9 Å². The Bertz CT molecular complexity index is 807. The third-order valence-electron chi connectivity index (χ3n) is 5.89. The molecule has 5 heteroatoms. The lowest BCUT2D eigenvalue weighted by Crippen LogP contribution is -2.40. The summed E-state index contributed by atoms with van der Waals surface area (Å²) in [5.41, 5.74) is 2.87. The standard InChI is InChI=1S/C19H24N4O/c1-12-10-22(14-5-6-14)11-16(12)21-19(24)13-4-7-15-17(9-13)23-8-2-3-18(23)20-15/h4,7,9,12,14,16H,2-3,5-6,8,10-11H2,1H3,(H,21,24)/t12-,16-/m0/s1. The minimum Gasteiger partial charge on any atom is -0.348 e. The average Bonchev–Trinajstić information content (AvgIpc) is 3.07. The number of amides is 1. The largest absolute Gasteiger partial charge is 0.348 e. The summed E-state index contributed by atoms with van der Waals surface area (Å²) in [4.78, 5) is 20.0. The maximum absolute atomic E-state index is 12.7. The molecule has 1 saturated heterocycles. The number of aromatic nitrogens is 2. The molecule has 1 aromatic heterocycles. The van der Waals surface area contributed by atoms with Gasteiger partial charge in [0.15, 0.2) is 0 Å². The van der Waals surface area contributed by atoms with Gasteiger partial charge in [-0.25, -0.2) is 4.98 Å². The number of fused-ring (bicyclic) bond motifs is 3. The number of hydrogen-bond acceptors (Lipinski definition) is 3. The number of nitrogens with zero attached hydrogens (tertiary/aromatic N) is 3. The molecular formula is C19H24N4O. The van der Waals surface area contributed by atoms with E-state index in [1.165, 1.54) is 12.8 Å². The molecule has 1 saturated carbocycles. The molecule has 2 aliphatic heterocycles. The van der Waals surface area contributed by atoms with Gasteiger partial charge < -0.3 is 9.88 Å². The van der Waals surface area contributed by atoms with Crippen LogP contribution in [0.15, 0.2) is 18.2 Å². The van der Waals surface area contributed by atoms with E-state index in [-0.39, 0.29) is 11.9 Å². The molecule has 2 aromatic rings. The molecule has 1 N–H and O–H groups in total. The van der Waals surface area contributed by atoms with Gasteiger partial charge in [-0.1, -0.05) is 6.92 Å². The zero-order valence-corrected chi connectivity index (χ0v) is 14.2. The molecule has 126 valence electrons. The third-order valence-corrected chi connectivity index (χ3v) is 5.89. The summed E-state index contributed by atoms with van der Waals surface area (Å²) < 4.78 is 2.26. The minimum absolute atomic E-state index is 0.0555. The van der Waals surface area contributed by atoms with Crippen LogP contribution < -0.4 is 5.32 Å². The molecule has 1 aliphatic carbocycles. The number of carbonyl (C=O) groups excluding carboxylic acids is 1. The van der Waals surface area contributed by atoms with Gasteiger partial charge in [0.1, 0.15) is 5.82 Å². The van der Waals surface area contributed by atoms with E-state index in [1.807, 2.05) is 18.2 Å². The van der Waals surface area contributed by atoms with Crippen LogP contribution in [0.2, 0.25) is 0 Å². The van der Waals surface area contributed by atoms with Gasteiger partial charge in [-0.3, -0.25) is 9.69 Å². The Kier molecular flexibility index (Phi) is 3.20. The lowest BCUT2D eigenvalue weighted by atomic mass is 10.1. The maximum atomic E-state index is 12.7. The summed E-state index contributed by atoms with van der Waals surface area (Å²) in [6.07, 6.45) is 4.87. The number of carbonyl (C=O) groups is 1. The van der Waals surface area contributed by atoms with Crippen molar-refractivity contribution in [2.24, 2.45) is 5.92 Å². The molecule has 3 aliphatic rings. The number of imidazole rings is 1. The minimum atomic E-state index is 0.0555. The predicted molar refractivity (Wildman–Crippen MR) is 93.1 cm³/mol. The van der Waals surface area contributed by atoms with E-state index in [0.717, 1.165) is 60.9 Å². The molecule has 24 heavy (non-hydrogen) atoms. The van der Waals surface area contributed by atoms with Crippen molar-refractivity contribution in [2.45, 2.75) is 51.2 Å². The second-order valence-corrected chi connectivity index (χ2v) is 7.73. The van der Waals surface area contributed by atoms with Crippen LogP contribution in [0.1, 0.15) is 42.4 Å². The Morgan fingerprint density at radius 2 is 2.17 bits per heavy atom. The molecule has 0 spiro atoms. The Hall–Kier alpha value is -1.88. The van der Waals surface area contributed by atoms with Crippen molar-refractivity contribution in [3.63, 3.8) is 0 Å². The van der Waals surface area contributed by atoms with Gasteiger partial charge in [0.05, 0.1) is 11.0 Å². The first-order valence-electron chi connectivity index (χ1n) is 9.23. The van der Waals surface area contributed by atoms with E-state index in [4.69, 9.17) is 0 Å². The smallest absolute Gasteiger partial charge is 0.251 e. The molecule has 0 radical (unpaired) electrons. The molecule has 1 aromatic carbocycles. The second-order valence-electron chi connectivity index (χ2n) is 7.73. The van der Waals surface area contributed by atoms with Crippen molar-refractivity contribution in [1.82, 2.24) is 19.8 Å². The van der Waals surface area contributed by atoms with Crippen LogP contribution in [0.5, 0.6) is 0 Å². The fourth-order valence-electron chi connectivity index (χ4n) is 4.33. The molecule has 5 rings (SSSR count). The summed E-state index contributed by atoms with van der Waals surface area (Å²) in [6, 6.07) is 6.97. The highest BCUT2D eigenvalue weighted by Gasteiger charge is 2.38. The fraction of sp³-hybridized carbons (Fsp3) is 0.579.